The quantitative estimate of drug-likeness (QED) is 0.730. The van der Waals surface area contributed by atoms with E-state index in [2.05, 4.69) is 10.6 Å². The van der Waals surface area contributed by atoms with Crippen molar-refractivity contribution in [3.63, 3.8) is 0 Å². The highest BCUT2D eigenvalue weighted by Gasteiger charge is 2.25. The molecule has 0 spiro atoms. The summed E-state index contributed by atoms with van der Waals surface area (Å²) in [6.45, 7) is 1.06. The maximum atomic E-state index is 12.5. The van der Waals surface area contributed by atoms with E-state index in [0.29, 0.717) is 29.4 Å². The van der Waals surface area contributed by atoms with E-state index in [1.807, 2.05) is 35.7 Å². The van der Waals surface area contributed by atoms with Gasteiger partial charge in [-0.2, -0.15) is 0 Å². The van der Waals surface area contributed by atoms with Gasteiger partial charge in [-0.25, -0.2) is 0 Å². The summed E-state index contributed by atoms with van der Waals surface area (Å²) in [6, 6.07) is 11.2. The van der Waals surface area contributed by atoms with Gasteiger partial charge in [0.05, 0.1) is 4.88 Å². The molecule has 1 aliphatic rings. The molecule has 2 aromatic rings. The molecule has 1 saturated carbocycles. The highest BCUT2D eigenvalue weighted by atomic mass is 32.1. The van der Waals surface area contributed by atoms with E-state index in [0.717, 1.165) is 24.8 Å². The van der Waals surface area contributed by atoms with Gasteiger partial charge >= 0.3 is 0 Å². The molecule has 3 rings (SSSR count). The van der Waals surface area contributed by atoms with E-state index >= 15 is 0 Å². The van der Waals surface area contributed by atoms with Gasteiger partial charge in [0.25, 0.3) is 11.8 Å². The molecule has 2 amide bonds. The van der Waals surface area contributed by atoms with Crippen LogP contribution in [-0.4, -0.2) is 24.4 Å². The topological polar surface area (TPSA) is 84.2 Å². The summed E-state index contributed by atoms with van der Waals surface area (Å²) in [4.78, 5) is 25.1. The molecule has 4 N–H and O–H groups in total. The Morgan fingerprint density at radius 3 is 2.54 bits per heavy atom. The van der Waals surface area contributed by atoms with Crippen molar-refractivity contribution in [1.82, 2.24) is 10.6 Å². The molecule has 0 radical (unpaired) electrons. The van der Waals surface area contributed by atoms with Gasteiger partial charge in [-0.3, -0.25) is 9.59 Å². The summed E-state index contributed by atoms with van der Waals surface area (Å²) >= 11 is 1.42. The van der Waals surface area contributed by atoms with Gasteiger partial charge in [0.15, 0.2) is 0 Å². The van der Waals surface area contributed by atoms with Crippen LogP contribution in [0, 0.1) is 5.92 Å². The van der Waals surface area contributed by atoms with Crippen molar-refractivity contribution < 1.29 is 9.59 Å². The van der Waals surface area contributed by atoms with E-state index in [-0.39, 0.29) is 17.9 Å². The Morgan fingerprint density at radius 1 is 1.08 bits per heavy atom. The second-order valence-electron chi connectivity index (χ2n) is 6.72. The Morgan fingerprint density at radius 2 is 1.85 bits per heavy atom. The van der Waals surface area contributed by atoms with E-state index < -0.39 is 0 Å². The molecule has 1 aromatic heterocycles. The lowest BCUT2D eigenvalue weighted by Crippen LogP contribution is -2.44. The molecular formula is C20H25N3O2S. The third kappa shape index (κ3) is 4.71. The predicted octanol–water partition coefficient (Wildman–Crippen LogP) is 2.93. The molecule has 0 aliphatic heterocycles. The van der Waals surface area contributed by atoms with Gasteiger partial charge in [0.2, 0.25) is 0 Å². The number of carbonyl (C=O) groups is 2. The van der Waals surface area contributed by atoms with Crippen LogP contribution in [-0.2, 0) is 6.54 Å². The number of nitrogens with one attached hydrogen (secondary N) is 2. The largest absolute Gasteiger partial charge is 0.349 e. The molecule has 1 aliphatic carbocycles. The first-order valence-electron chi connectivity index (χ1n) is 9.09. The Balaban J connectivity index is 1.53. The first kappa shape index (κ1) is 18.6. The smallest absolute Gasteiger partial charge is 0.261 e. The lowest BCUT2D eigenvalue weighted by Gasteiger charge is -2.31. The van der Waals surface area contributed by atoms with Gasteiger partial charge in [-0.1, -0.05) is 31.0 Å². The number of nitrogens with two attached hydrogens (primary N) is 1. The predicted molar refractivity (Wildman–Crippen MR) is 104 cm³/mol. The average Bonchev–Trinajstić information content (AvgIpc) is 3.22. The zero-order chi connectivity index (χ0) is 18.4. The van der Waals surface area contributed by atoms with Gasteiger partial charge in [-0.05, 0) is 54.4 Å². The van der Waals surface area contributed by atoms with Crippen LogP contribution in [0.15, 0.2) is 41.8 Å². The van der Waals surface area contributed by atoms with Crippen molar-refractivity contribution in [2.24, 2.45) is 11.7 Å². The highest BCUT2D eigenvalue weighted by molar-refractivity contribution is 7.12. The van der Waals surface area contributed by atoms with E-state index in [9.17, 15) is 9.59 Å². The third-order valence-corrected chi connectivity index (χ3v) is 5.81. The fourth-order valence-corrected chi connectivity index (χ4v) is 4.02. The summed E-state index contributed by atoms with van der Waals surface area (Å²) < 4.78 is 0. The van der Waals surface area contributed by atoms with Crippen molar-refractivity contribution in [1.29, 1.82) is 0 Å². The minimum absolute atomic E-state index is 0.0514. The van der Waals surface area contributed by atoms with Crippen LogP contribution >= 0.6 is 11.3 Å². The van der Waals surface area contributed by atoms with Crippen LogP contribution in [0.5, 0.6) is 0 Å². The summed E-state index contributed by atoms with van der Waals surface area (Å²) in [5.74, 6) is 0.246. The molecule has 5 nitrogen and oxygen atoms in total. The molecular weight excluding hydrogens is 346 g/mol. The molecule has 0 saturated heterocycles. The number of benzene rings is 1. The summed E-state index contributed by atoms with van der Waals surface area (Å²) in [6.07, 6.45) is 4.43. The maximum Gasteiger partial charge on any atom is 0.261 e. The zero-order valence-corrected chi connectivity index (χ0v) is 15.6. The number of hydrogen-bond acceptors (Lipinski definition) is 4. The van der Waals surface area contributed by atoms with Crippen molar-refractivity contribution in [2.45, 2.75) is 38.3 Å². The number of hydrogen-bond donors (Lipinski definition) is 3. The summed E-state index contributed by atoms with van der Waals surface area (Å²) in [5, 5.41) is 7.90. The monoisotopic (exact) mass is 371 g/mol. The SMILES string of the molecule is NCC1CCCCC1NC(=O)c1ccc(CNC(=O)c2cccs2)cc1. The second-order valence-corrected chi connectivity index (χ2v) is 7.66. The summed E-state index contributed by atoms with van der Waals surface area (Å²) in [7, 11) is 0. The standard InChI is InChI=1S/C20H25N3O2S/c21-12-16-4-1-2-5-17(16)23-19(24)15-9-7-14(8-10-15)13-22-20(25)18-6-3-11-26-18/h3,6-11,16-17H,1-2,4-5,12-13,21H2,(H,22,25)(H,23,24). The minimum atomic E-state index is -0.0769. The van der Waals surface area contributed by atoms with Crippen molar-refractivity contribution >= 4 is 23.2 Å². The van der Waals surface area contributed by atoms with Gasteiger partial charge in [0.1, 0.15) is 0 Å². The third-order valence-electron chi connectivity index (χ3n) is 4.94. The molecule has 1 heterocycles. The van der Waals surface area contributed by atoms with Crippen LogP contribution in [0.2, 0.25) is 0 Å². The highest BCUT2D eigenvalue weighted by Crippen LogP contribution is 2.23. The van der Waals surface area contributed by atoms with Crippen LogP contribution in [0.4, 0.5) is 0 Å². The van der Waals surface area contributed by atoms with Gasteiger partial charge in [0, 0.05) is 18.2 Å². The first-order valence-corrected chi connectivity index (χ1v) is 9.97. The van der Waals surface area contributed by atoms with Crippen LogP contribution in [0.3, 0.4) is 0 Å². The van der Waals surface area contributed by atoms with Crippen LogP contribution in [0.1, 0.15) is 51.3 Å². The van der Waals surface area contributed by atoms with Crippen molar-refractivity contribution in [3.05, 3.63) is 57.8 Å². The van der Waals surface area contributed by atoms with E-state index in [1.54, 1.807) is 6.07 Å². The van der Waals surface area contributed by atoms with Crippen LogP contribution < -0.4 is 16.4 Å². The lowest BCUT2D eigenvalue weighted by atomic mass is 9.84. The number of amides is 2. The van der Waals surface area contributed by atoms with Crippen molar-refractivity contribution in [2.75, 3.05) is 6.54 Å². The van der Waals surface area contributed by atoms with E-state index in [4.69, 9.17) is 5.73 Å². The van der Waals surface area contributed by atoms with Gasteiger partial charge < -0.3 is 16.4 Å². The minimum Gasteiger partial charge on any atom is -0.349 e. The number of carbonyl (C=O) groups excluding carboxylic acids is 2. The zero-order valence-electron chi connectivity index (χ0n) is 14.7. The van der Waals surface area contributed by atoms with Crippen molar-refractivity contribution in [3.8, 4) is 0 Å². The normalized spacial score (nSPS) is 19.7. The molecule has 1 aromatic carbocycles. The Labute approximate surface area is 158 Å². The first-order chi connectivity index (χ1) is 12.7. The Kier molecular flexibility index (Phi) is 6.41. The van der Waals surface area contributed by atoms with Gasteiger partial charge in [-0.15, -0.1) is 11.3 Å². The number of thiophene rings is 1. The molecule has 0 bridgehead atoms. The number of rotatable bonds is 6. The maximum absolute atomic E-state index is 12.5. The molecule has 6 heteroatoms. The molecule has 2 unspecified atom stereocenters. The Bertz CT molecular complexity index is 728. The second kappa shape index (κ2) is 8.96. The Hall–Kier alpha value is -2.18. The molecule has 138 valence electrons. The molecule has 2 atom stereocenters. The summed E-state index contributed by atoms with van der Waals surface area (Å²) in [5.41, 5.74) is 7.44. The molecule has 1 fully saturated rings. The lowest BCUT2D eigenvalue weighted by molar-refractivity contribution is 0.0906. The van der Waals surface area contributed by atoms with Crippen LogP contribution in [0.25, 0.3) is 0 Å². The molecule has 26 heavy (non-hydrogen) atoms. The van der Waals surface area contributed by atoms with E-state index in [1.165, 1.54) is 17.8 Å². The average molecular weight is 372 g/mol. The fraction of sp³-hybridized carbons (Fsp3) is 0.400. The fourth-order valence-electron chi connectivity index (χ4n) is 3.38.